The van der Waals surface area contributed by atoms with Gasteiger partial charge in [0, 0.05) is 24.1 Å². The number of pyridine rings is 1. The molecule has 23 heavy (non-hydrogen) atoms. The van der Waals surface area contributed by atoms with Gasteiger partial charge in [-0.3, -0.25) is 9.78 Å². The molecule has 0 aliphatic carbocycles. The Balaban J connectivity index is 2.03. The normalized spacial score (nSPS) is 10.4. The van der Waals surface area contributed by atoms with Gasteiger partial charge in [0.05, 0.1) is 0 Å². The van der Waals surface area contributed by atoms with Crippen molar-refractivity contribution < 1.29 is 4.79 Å². The summed E-state index contributed by atoms with van der Waals surface area (Å²) in [4.78, 5) is 16.3. The maximum absolute atomic E-state index is 12.1. The molecule has 2 N–H and O–H groups in total. The molecular weight excluding hydrogens is 286 g/mol. The number of unbranched alkanes of at least 4 members (excludes halogenated alkanes) is 2. The summed E-state index contributed by atoms with van der Waals surface area (Å²) >= 11 is 0. The van der Waals surface area contributed by atoms with Crippen molar-refractivity contribution in [1.29, 1.82) is 0 Å². The van der Waals surface area contributed by atoms with Gasteiger partial charge in [-0.15, -0.1) is 0 Å². The molecule has 0 saturated carbocycles. The van der Waals surface area contributed by atoms with E-state index < -0.39 is 0 Å². The van der Waals surface area contributed by atoms with Gasteiger partial charge in [0.2, 0.25) is 0 Å². The third kappa shape index (κ3) is 5.40. The Bertz CT molecular complexity index is 647. The fraction of sp³-hybridized carbons (Fsp3) is 0.368. The highest BCUT2D eigenvalue weighted by Crippen LogP contribution is 2.19. The molecule has 4 nitrogen and oxygen atoms in total. The number of nitrogens with zero attached hydrogens (tertiary/aromatic N) is 1. The first-order valence-electron chi connectivity index (χ1n) is 8.18. The molecule has 0 fully saturated rings. The predicted octanol–water partition coefficient (Wildman–Crippen LogP) is 4.36. The molecule has 2 rings (SSSR count). The third-order valence-corrected chi connectivity index (χ3v) is 3.57. The molecule has 1 aromatic carbocycles. The van der Waals surface area contributed by atoms with Gasteiger partial charge in [0.15, 0.2) is 0 Å². The van der Waals surface area contributed by atoms with E-state index in [0.717, 1.165) is 30.6 Å². The van der Waals surface area contributed by atoms with Crippen LogP contribution >= 0.6 is 0 Å². The predicted molar refractivity (Wildman–Crippen MR) is 95.3 cm³/mol. The quantitative estimate of drug-likeness (QED) is 0.747. The second-order valence-corrected chi connectivity index (χ2v) is 5.89. The monoisotopic (exact) mass is 311 g/mol. The zero-order valence-corrected chi connectivity index (χ0v) is 14.1. The fourth-order valence-electron chi connectivity index (χ4n) is 2.51. The van der Waals surface area contributed by atoms with E-state index in [2.05, 4.69) is 54.6 Å². The standard InChI is InChI=1S/C19H25N3O/c1-4-5-6-8-21-19(23)18-13-16(7-9-20-18)22-17-11-14(2)10-15(3)12-17/h7,9-13H,4-6,8H2,1-3H3,(H,20,22)(H,21,23). The van der Waals surface area contributed by atoms with Gasteiger partial charge < -0.3 is 10.6 Å². The average Bonchev–Trinajstić information content (AvgIpc) is 2.50. The summed E-state index contributed by atoms with van der Waals surface area (Å²) in [6, 6.07) is 9.95. The van der Waals surface area contributed by atoms with Crippen LogP contribution in [-0.4, -0.2) is 17.4 Å². The van der Waals surface area contributed by atoms with Gasteiger partial charge in [-0.25, -0.2) is 0 Å². The molecule has 0 atom stereocenters. The van der Waals surface area contributed by atoms with Crippen LogP contribution in [0.2, 0.25) is 0 Å². The van der Waals surface area contributed by atoms with Crippen LogP contribution in [0.15, 0.2) is 36.5 Å². The van der Waals surface area contributed by atoms with Crippen molar-refractivity contribution in [1.82, 2.24) is 10.3 Å². The number of aryl methyl sites for hydroxylation is 2. The van der Waals surface area contributed by atoms with E-state index in [4.69, 9.17) is 0 Å². The highest BCUT2D eigenvalue weighted by Gasteiger charge is 2.07. The average molecular weight is 311 g/mol. The van der Waals surface area contributed by atoms with Crippen LogP contribution < -0.4 is 10.6 Å². The minimum Gasteiger partial charge on any atom is -0.355 e. The summed E-state index contributed by atoms with van der Waals surface area (Å²) in [5, 5.41) is 6.25. The maximum atomic E-state index is 12.1. The first kappa shape index (κ1) is 17.0. The second kappa shape index (κ2) is 8.32. The van der Waals surface area contributed by atoms with Gasteiger partial charge in [-0.1, -0.05) is 25.8 Å². The number of carbonyl (C=O) groups excluding carboxylic acids is 1. The summed E-state index contributed by atoms with van der Waals surface area (Å²) in [7, 11) is 0. The van der Waals surface area contributed by atoms with Gasteiger partial charge in [-0.05, 0) is 55.7 Å². The molecule has 2 aromatic rings. The number of rotatable bonds is 7. The Hall–Kier alpha value is -2.36. The van der Waals surface area contributed by atoms with Crippen molar-refractivity contribution in [2.75, 3.05) is 11.9 Å². The van der Waals surface area contributed by atoms with E-state index in [9.17, 15) is 4.79 Å². The van der Waals surface area contributed by atoms with Gasteiger partial charge in [0.1, 0.15) is 5.69 Å². The molecule has 4 heteroatoms. The van der Waals surface area contributed by atoms with Crippen molar-refractivity contribution in [2.45, 2.75) is 40.0 Å². The Morgan fingerprint density at radius 1 is 1.04 bits per heavy atom. The lowest BCUT2D eigenvalue weighted by Gasteiger charge is -2.10. The van der Waals surface area contributed by atoms with Crippen LogP contribution in [0, 0.1) is 13.8 Å². The van der Waals surface area contributed by atoms with Crippen molar-refractivity contribution in [3.05, 3.63) is 53.3 Å². The van der Waals surface area contributed by atoms with Crippen LogP contribution in [0.4, 0.5) is 11.4 Å². The van der Waals surface area contributed by atoms with Gasteiger partial charge in [0.25, 0.3) is 5.91 Å². The van der Waals surface area contributed by atoms with Crippen molar-refractivity contribution in [3.63, 3.8) is 0 Å². The van der Waals surface area contributed by atoms with Gasteiger partial charge in [-0.2, -0.15) is 0 Å². The van der Waals surface area contributed by atoms with Crippen molar-refractivity contribution >= 4 is 17.3 Å². The van der Waals surface area contributed by atoms with Crippen LogP contribution in [0.25, 0.3) is 0 Å². The van der Waals surface area contributed by atoms with E-state index in [0.29, 0.717) is 12.2 Å². The number of nitrogens with one attached hydrogen (secondary N) is 2. The molecule has 1 heterocycles. The van der Waals surface area contributed by atoms with Crippen LogP contribution in [0.1, 0.15) is 47.8 Å². The van der Waals surface area contributed by atoms with E-state index in [1.807, 2.05) is 6.07 Å². The molecule has 0 bridgehead atoms. The minimum absolute atomic E-state index is 0.120. The molecule has 0 spiro atoms. The lowest BCUT2D eigenvalue weighted by Crippen LogP contribution is -2.25. The number of anilines is 2. The Morgan fingerprint density at radius 3 is 2.48 bits per heavy atom. The smallest absolute Gasteiger partial charge is 0.269 e. The number of hydrogen-bond donors (Lipinski definition) is 2. The molecule has 0 saturated heterocycles. The number of hydrogen-bond acceptors (Lipinski definition) is 3. The van der Waals surface area contributed by atoms with Crippen LogP contribution in [0.5, 0.6) is 0 Å². The van der Waals surface area contributed by atoms with E-state index in [1.54, 1.807) is 12.3 Å². The van der Waals surface area contributed by atoms with Crippen LogP contribution in [-0.2, 0) is 0 Å². The summed E-state index contributed by atoms with van der Waals surface area (Å²) in [6.07, 6.45) is 4.93. The molecule has 122 valence electrons. The lowest BCUT2D eigenvalue weighted by molar-refractivity contribution is 0.0948. The van der Waals surface area contributed by atoms with E-state index in [1.165, 1.54) is 11.1 Å². The largest absolute Gasteiger partial charge is 0.355 e. The zero-order chi connectivity index (χ0) is 16.7. The topological polar surface area (TPSA) is 54.0 Å². The minimum atomic E-state index is -0.120. The molecule has 1 aromatic heterocycles. The summed E-state index contributed by atoms with van der Waals surface area (Å²) in [6.45, 7) is 6.98. The number of amides is 1. The molecule has 0 unspecified atom stereocenters. The summed E-state index contributed by atoms with van der Waals surface area (Å²) in [5.74, 6) is -0.120. The molecule has 0 radical (unpaired) electrons. The van der Waals surface area contributed by atoms with Crippen molar-refractivity contribution in [3.8, 4) is 0 Å². The fourth-order valence-corrected chi connectivity index (χ4v) is 2.51. The molecule has 1 amide bonds. The maximum Gasteiger partial charge on any atom is 0.269 e. The molecular formula is C19H25N3O. The van der Waals surface area contributed by atoms with Crippen LogP contribution in [0.3, 0.4) is 0 Å². The van der Waals surface area contributed by atoms with E-state index in [-0.39, 0.29) is 5.91 Å². The zero-order valence-electron chi connectivity index (χ0n) is 14.1. The van der Waals surface area contributed by atoms with Gasteiger partial charge >= 0.3 is 0 Å². The number of carbonyl (C=O) groups is 1. The highest BCUT2D eigenvalue weighted by atomic mass is 16.1. The van der Waals surface area contributed by atoms with Crippen molar-refractivity contribution in [2.24, 2.45) is 0 Å². The SMILES string of the molecule is CCCCCNC(=O)c1cc(Nc2cc(C)cc(C)c2)ccn1. The molecule has 0 aliphatic heterocycles. The highest BCUT2D eigenvalue weighted by molar-refractivity contribution is 5.93. The Kier molecular flexibility index (Phi) is 6.15. The van der Waals surface area contributed by atoms with E-state index >= 15 is 0 Å². The molecule has 0 aliphatic rings. The second-order valence-electron chi connectivity index (χ2n) is 5.89. The third-order valence-electron chi connectivity index (χ3n) is 3.57. The number of aromatic nitrogens is 1. The first-order valence-corrected chi connectivity index (χ1v) is 8.18. The Labute approximate surface area is 138 Å². The number of benzene rings is 1. The Morgan fingerprint density at radius 2 is 1.78 bits per heavy atom. The summed E-state index contributed by atoms with van der Waals surface area (Å²) in [5.41, 5.74) is 4.73. The summed E-state index contributed by atoms with van der Waals surface area (Å²) < 4.78 is 0. The first-order chi connectivity index (χ1) is 11.1. The lowest BCUT2D eigenvalue weighted by atomic mass is 10.1.